The van der Waals surface area contributed by atoms with Crippen LogP contribution >= 0.6 is 24.0 Å². The lowest BCUT2D eigenvalue weighted by Crippen LogP contribution is -2.44. The van der Waals surface area contributed by atoms with Crippen molar-refractivity contribution in [1.29, 1.82) is 0 Å². The molecule has 1 saturated heterocycles. The second-order valence-corrected chi connectivity index (χ2v) is 8.88. The third kappa shape index (κ3) is 8.05. The molecule has 0 radical (unpaired) electrons. The Kier molecular flexibility index (Phi) is 9.80. The van der Waals surface area contributed by atoms with Crippen LogP contribution in [0.15, 0.2) is 4.99 Å². The van der Waals surface area contributed by atoms with Crippen LogP contribution in [0.5, 0.6) is 0 Å². The molecule has 2 N–H and O–H groups in total. The summed E-state index contributed by atoms with van der Waals surface area (Å²) in [6.45, 7) is 3.65. The summed E-state index contributed by atoms with van der Waals surface area (Å²) in [5.41, 5.74) is 0. The Morgan fingerprint density at radius 3 is 2.52 bits per heavy atom. The van der Waals surface area contributed by atoms with Crippen LogP contribution in [0.1, 0.15) is 58.3 Å². The molecule has 1 atom stereocenters. The molecular weight excluding hydrogens is 425 g/mol. The van der Waals surface area contributed by atoms with Crippen molar-refractivity contribution in [2.24, 2.45) is 10.9 Å². The highest BCUT2D eigenvalue weighted by Crippen LogP contribution is 2.28. The highest BCUT2D eigenvalue weighted by Gasteiger charge is 2.28. The molecule has 1 aliphatic heterocycles. The molecule has 2 fully saturated rings. The minimum absolute atomic E-state index is 0. The maximum atomic E-state index is 11.5. The second-order valence-electron chi connectivity index (χ2n) is 6.65. The number of hydrogen-bond donors (Lipinski definition) is 2. The topological polar surface area (TPSA) is 70.6 Å². The van der Waals surface area contributed by atoms with Crippen molar-refractivity contribution < 1.29 is 8.42 Å². The largest absolute Gasteiger partial charge is 0.357 e. The first-order valence-corrected chi connectivity index (χ1v) is 10.7. The van der Waals surface area contributed by atoms with Gasteiger partial charge in [0.05, 0.1) is 11.5 Å². The molecule has 0 spiro atoms. The van der Waals surface area contributed by atoms with Crippen LogP contribution in [0.4, 0.5) is 0 Å². The van der Waals surface area contributed by atoms with Gasteiger partial charge in [0.1, 0.15) is 0 Å². The molecule has 0 amide bonds. The van der Waals surface area contributed by atoms with Crippen molar-refractivity contribution in [3.63, 3.8) is 0 Å². The lowest BCUT2D eigenvalue weighted by molar-refractivity contribution is 0.475. The summed E-state index contributed by atoms with van der Waals surface area (Å²) in [5, 5.41) is 6.48. The highest BCUT2D eigenvalue weighted by molar-refractivity contribution is 14.0. The number of nitrogens with one attached hydrogen (secondary N) is 2. The lowest BCUT2D eigenvalue weighted by Gasteiger charge is -2.15. The Balaban J connectivity index is 0.00000264. The van der Waals surface area contributed by atoms with Gasteiger partial charge in [-0.2, -0.15) is 0 Å². The van der Waals surface area contributed by atoms with Crippen LogP contribution in [0.25, 0.3) is 0 Å². The van der Waals surface area contributed by atoms with Gasteiger partial charge in [0.25, 0.3) is 0 Å². The third-order valence-electron chi connectivity index (χ3n) is 4.68. The molecule has 2 rings (SSSR count). The van der Waals surface area contributed by atoms with Gasteiger partial charge in [-0.3, -0.25) is 4.99 Å². The van der Waals surface area contributed by atoms with Crippen LogP contribution in [0, 0.1) is 5.92 Å². The van der Waals surface area contributed by atoms with E-state index in [1.54, 1.807) is 0 Å². The molecule has 5 nitrogen and oxygen atoms in total. The average molecular weight is 457 g/mol. The maximum Gasteiger partial charge on any atom is 0.191 e. The lowest BCUT2D eigenvalue weighted by atomic mass is 10.0. The maximum absolute atomic E-state index is 11.5. The molecule has 1 unspecified atom stereocenters. The van der Waals surface area contributed by atoms with Crippen molar-refractivity contribution in [2.45, 2.75) is 64.3 Å². The summed E-state index contributed by atoms with van der Waals surface area (Å²) >= 11 is 0. The van der Waals surface area contributed by atoms with Crippen LogP contribution in [-0.4, -0.2) is 45.0 Å². The number of aliphatic imine (C=N–C) groups is 1. The summed E-state index contributed by atoms with van der Waals surface area (Å²) < 4.78 is 23.0. The van der Waals surface area contributed by atoms with Crippen molar-refractivity contribution >= 4 is 39.8 Å². The monoisotopic (exact) mass is 457 g/mol. The number of unbranched alkanes of at least 4 members (excludes halogenated alkanes) is 1. The van der Waals surface area contributed by atoms with Crippen molar-refractivity contribution in [1.82, 2.24) is 10.6 Å². The number of rotatable bonds is 7. The smallest absolute Gasteiger partial charge is 0.191 e. The molecule has 7 heteroatoms. The average Bonchev–Trinajstić information content (AvgIpc) is 3.08. The third-order valence-corrected chi connectivity index (χ3v) is 6.45. The summed E-state index contributed by atoms with van der Waals surface area (Å²) in [6, 6.07) is 0.0151. The van der Waals surface area contributed by atoms with Crippen molar-refractivity contribution in [3.05, 3.63) is 0 Å². The first-order valence-electron chi connectivity index (χ1n) is 8.84. The van der Waals surface area contributed by atoms with Gasteiger partial charge >= 0.3 is 0 Å². The van der Waals surface area contributed by atoms with Gasteiger partial charge < -0.3 is 10.6 Å². The Morgan fingerprint density at radius 2 is 1.91 bits per heavy atom. The fourth-order valence-electron chi connectivity index (χ4n) is 3.46. The Hall–Kier alpha value is -0.0500. The van der Waals surface area contributed by atoms with E-state index in [0.29, 0.717) is 12.2 Å². The first-order chi connectivity index (χ1) is 10.6. The van der Waals surface area contributed by atoms with E-state index in [4.69, 9.17) is 0 Å². The van der Waals surface area contributed by atoms with Gasteiger partial charge in [-0.05, 0) is 25.7 Å². The van der Waals surface area contributed by atoms with Crippen molar-refractivity contribution in [2.75, 3.05) is 24.6 Å². The van der Waals surface area contributed by atoms with Gasteiger partial charge in [0, 0.05) is 19.1 Å². The standard InChI is InChI=1S/C16H31N3O2S.HI/c1-2-17-16(19-15-10-12-22(20,21)13-15)18-11-6-5-9-14-7-3-4-8-14;/h14-15H,2-13H2,1H3,(H2,17,18,19);1H. The molecule has 2 aliphatic rings. The van der Waals surface area contributed by atoms with Gasteiger partial charge in [-0.25, -0.2) is 8.42 Å². The quantitative estimate of drug-likeness (QED) is 0.267. The Labute approximate surface area is 158 Å². The highest BCUT2D eigenvalue weighted by atomic mass is 127. The summed E-state index contributed by atoms with van der Waals surface area (Å²) in [6.07, 6.45) is 10.1. The molecule has 1 aliphatic carbocycles. The van der Waals surface area contributed by atoms with Crippen LogP contribution in [0.3, 0.4) is 0 Å². The molecule has 0 aromatic heterocycles. The van der Waals surface area contributed by atoms with Gasteiger partial charge in [0.15, 0.2) is 15.8 Å². The zero-order valence-corrected chi connectivity index (χ0v) is 17.4. The van der Waals surface area contributed by atoms with E-state index in [2.05, 4.69) is 15.6 Å². The number of guanidine groups is 1. The zero-order valence-electron chi connectivity index (χ0n) is 14.2. The minimum atomic E-state index is -2.84. The summed E-state index contributed by atoms with van der Waals surface area (Å²) in [5.74, 6) is 2.26. The molecule has 23 heavy (non-hydrogen) atoms. The van der Waals surface area contributed by atoms with E-state index in [-0.39, 0.29) is 35.8 Å². The van der Waals surface area contributed by atoms with Crippen molar-refractivity contribution in [3.8, 4) is 0 Å². The van der Waals surface area contributed by atoms with E-state index >= 15 is 0 Å². The van der Waals surface area contributed by atoms with Gasteiger partial charge in [-0.15, -0.1) is 24.0 Å². The molecule has 136 valence electrons. The fraction of sp³-hybridized carbons (Fsp3) is 0.938. The summed E-state index contributed by atoms with van der Waals surface area (Å²) in [7, 11) is -2.84. The zero-order chi connectivity index (χ0) is 15.8. The molecule has 1 saturated carbocycles. The fourth-order valence-corrected chi connectivity index (χ4v) is 5.13. The van der Waals surface area contributed by atoms with Crippen LogP contribution in [0.2, 0.25) is 0 Å². The first kappa shape index (κ1) is 21.0. The van der Waals surface area contributed by atoms with E-state index in [1.807, 2.05) is 6.92 Å². The normalized spacial score (nSPS) is 24.4. The number of nitrogens with zero attached hydrogens (tertiary/aromatic N) is 1. The summed E-state index contributed by atoms with van der Waals surface area (Å²) in [4.78, 5) is 4.59. The van der Waals surface area contributed by atoms with Gasteiger partial charge in [-0.1, -0.05) is 38.5 Å². The molecule has 0 bridgehead atoms. The molecule has 0 aromatic rings. The molecule has 1 heterocycles. The van der Waals surface area contributed by atoms with Gasteiger partial charge in [0.2, 0.25) is 0 Å². The number of halogens is 1. The van der Waals surface area contributed by atoms with Crippen LogP contribution < -0.4 is 10.6 Å². The van der Waals surface area contributed by atoms with E-state index in [9.17, 15) is 8.42 Å². The minimum Gasteiger partial charge on any atom is -0.357 e. The van der Waals surface area contributed by atoms with Crippen LogP contribution in [-0.2, 0) is 9.84 Å². The molecule has 0 aromatic carbocycles. The Bertz CT molecular complexity index is 462. The predicted molar refractivity (Wildman–Crippen MR) is 107 cm³/mol. The number of sulfone groups is 1. The second kappa shape index (κ2) is 10.7. The number of hydrogen-bond acceptors (Lipinski definition) is 3. The predicted octanol–water partition coefficient (Wildman–Crippen LogP) is 2.71. The molecular formula is C16H32IN3O2S. The SMILES string of the molecule is CCNC(=NCCCCC1CCCC1)NC1CCS(=O)(=O)C1.I. The Morgan fingerprint density at radius 1 is 1.17 bits per heavy atom. The van der Waals surface area contributed by atoms with E-state index < -0.39 is 9.84 Å². The van der Waals surface area contributed by atoms with E-state index in [1.165, 1.54) is 38.5 Å². The van der Waals surface area contributed by atoms with E-state index in [0.717, 1.165) is 31.4 Å².